The molecule has 0 spiro atoms. The van der Waals surface area contributed by atoms with Crippen LogP contribution in [-0.4, -0.2) is 61.8 Å². The lowest BCUT2D eigenvalue weighted by atomic mass is 10.2. The standard InChI is InChI=1S/C18H29N3O2S/c1-18(2)14-21(9-12-24-18)17(19-3)20-13-15-5-7-16(8-6-15)23-11-10-22-4/h5-8H,9-14H2,1-4H3,(H,19,20). The number of methoxy groups -OCH3 is 1. The van der Waals surface area contributed by atoms with E-state index in [0.717, 1.165) is 37.1 Å². The van der Waals surface area contributed by atoms with Crippen molar-refractivity contribution >= 4 is 17.7 Å². The first-order valence-electron chi connectivity index (χ1n) is 8.34. The number of guanidine groups is 1. The van der Waals surface area contributed by atoms with Crippen LogP contribution < -0.4 is 10.1 Å². The predicted octanol–water partition coefficient (Wildman–Crippen LogP) is 2.61. The van der Waals surface area contributed by atoms with E-state index in [1.165, 1.54) is 5.56 Å². The summed E-state index contributed by atoms with van der Waals surface area (Å²) < 4.78 is 10.8. The minimum absolute atomic E-state index is 0.275. The van der Waals surface area contributed by atoms with Gasteiger partial charge < -0.3 is 19.7 Å². The van der Waals surface area contributed by atoms with Gasteiger partial charge in [0.25, 0.3) is 0 Å². The Morgan fingerprint density at radius 1 is 1.29 bits per heavy atom. The van der Waals surface area contributed by atoms with Gasteiger partial charge in [-0.2, -0.15) is 11.8 Å². The Hall–Kier alpha value is -1.40. The zero-order valence-corrected chi connectivity index (χ0v) is 16.0. The summed E-state index contributed by atoms with van der Waals surface area (Å²) in [7, 11) is 3.52. The van der Waals surface area contributed by atoms with Crippen molar-refractivity contribution in [2.24, 2.45) is 4.99 Å². The van der Waals surface area contributed by atoms with Crippen LogP contribution in [0.15, 0.2) is 29.3 Å². The summed E-state index contributed by atoms with van der Waals surface area (Å²) in [5, 5.41) is 3.47. The summed E-state index contributed by atoms with van der Waals surface area (Å²) in [6.07, 6.45) is 0. The summed E-state index contributed by atoms with van der Waals surface area (Å²) in [6, 6.07) is 8.16. The van der Waals surface area contributed by atoms with E-state index in [1.807, 2.05) is 30.9 Å². The summed E-state index contributed by atoms with van der Waals surface area (Å²) in [5.74, 6) is 2.99. The summed E-state index contributed by atoms with van der Waals surface area (Å²) >= 11 is 2.03. The van der Waals surface area contributed by atoms with Gasteiger partial charge in [-0.3, -0.25) is 4.99 Å². The maximum atomic E-state index is 5.59. The second kappa shape index (κ2) is 9.18. The SMILES string of the molecule is CN=C(NCc1ccc(OCCOC)cc1)N1CCSC(C)(C)C1. The molecule has 5 nitrogen and oxygen atoms in total. The van der Waals surface area contributed by atoms with Crippen LogP contribution >= 0.6 is 11.8 Å². The van der Waals surface area contributed by atoms with Crippen molar-refractivity contribution in [2.75, 3.05) is 46.2 Å². The molecule has 0 bridgehead atoms. The number of nitrogens with one attached hydrogen (secondary N) is 1. The molecule has 1 saturated heterocycles. The zero-order valence-electron chi connectivity index (χ0n) is 15.2. The van der Waals surface area contributed by atoms with Crippen LogP contribution in [0.25, 0.3) is 0 Å². The van der Waals surface area contributed by atoms with E-state index >= 15 is 0 Å². The highest BCUT2D eigenvalue weighted by atomic mass is 32.2. The summed E-state index contributed by atoms with van der Waals surface area (Å²) in [4.78, 5) is 6.79. The molecular weight excluding hydrogens is 322 g/mol. The van der Waals surface area contributed by atoms with Crippen molar-refractivity contribution in [1.82, 2.24) is 10.2 Å². The Kier molecular flexibility index (Phi) is 7.24. The molecule has 0 saturated carbocycles. The predicted molar refractivity (Wildman–Crippen MR) is 102 cm³/mol. The van der Waals surface area contributed by atoms with E-state index in [4.69, 9.17) is 9.47 Å². The molecule has 1 aromatic rings. The zero-order chi connectivity index (χ0) is 17.4. The van der Waals surface area contributed by atoms with Crippen molar-refractivity contribution in [1.29, 1.82) is 0 Å². The smallest absolute Gasteiger partial charge is 0.193 e. The Morgan fingerprint density at radius 2 is 2.04 bits per heavy atom. The van der Waals surface area contributed by atoms with Gasteiger partial charge in [0, 0.05) is 44.3 Å². The van der Waals surface area contributed by atoms with Crippen molar-refractivity contribution in [2.45, 2.75) is 25.1 Å². The third-order valence-corrected chi connectivity index (χ3v) is 5.16. The van der Waals surface area contributed by atoms with E-state index in [-0.39, 0.29) is 4.75 Å². The number of thioether (sulfide) groups is 1. The average Bonchev–Trinajstić information content (AvgIpc) is 2.56. The molecule has 134 valence electrons. The number of nitrogens with zero attached hydrogens (tertiary/aromatic N) is 2. The maximum absolute atomic E-state index is 5.59. The molecule has 24 heavy (non-hydrogen) atoms. The molecule has 2 rings (SSSR count). The Bertz CT molecular complexity index is 532. The molecule has 1 fully saturated rings. The third-order valence-electron chi connectivity index (χ3n) is 3.87. The number of hydrogen-bond acceptors (Lipinski definition) is 4. The van der Waals surface area contributed by atoms with Crippen LogP contribution in [0.1, 0.15) is 19.4 Å². The minimum atomic E-state index is 0.275. The van der Waals surface area contributed by atoms with Gasteiger partial charge in [0.15, 0.2) is 5.96 Å². The highest BCUT2D eigenvalue weighted by molar-refractivity contribution is 8.00. The fourth-order valence-electron chi connectivity index (χ4n) is 2.66. The Balaban J connectivity index is 1.84. The molecule has 0 radical (unpaired) electrons. The second-order valence-electron chi connectivity index (χ2n) is 6.42. The van der Waals surface area contributed by atoms with Gasteiger partial charge in [-0.25, -0.2) is 0 Å². The fraction of sp³-hybridized carbons (Fsp3) is 0.611. The first kappa shape index (κ1) is 18.9. The average molecular weight is 352 g/mol. The van der Waals surface area contributed by atoms with E-state index in [9.17, 15) is 0 Å². The minimum Gasteiger partial charge on any atom is -0.491 e. The van der Waals surface area contributed by atoms with Gasteiger partial charge in [0.1, 0.15) is 12.4 Å². The van der Waals surface area contributed by atoms with Crippen molar-refractivity contribution in [3.05, 3.63) is 29.8 Å². The Morgan fingerprint density at radius 3 is 2.67 bits per heavy atom. The third kappa shape index (κ3) is 5.91. The maximum Gasteiger partial charge on any atom is 0.193 e. The van der Waals surface area contributed by atoms with Crippen LogP contribution in [-0.2, 0) is 11.3 Å². The quantitative estimate of drug-likeness (QED) is 0.485. The monoisotopic (exact) mass is 351 g/mol. The molecule has 0 atom stereocenters. The summed E-state index contributed by atoms with van der Waals surface area (Å²) in [6.45, 7) is 8.57. The van der Waals surface area contributed by atoms with Crippen LogP contribution in [0.3, 0.4) is 0 Å². The largest absolute Gasteiger partial charge is 0.491 e. The fourth-order valence-corrected chi connectivity index (χ4v) is 3.77. The molecule has 0 aromatic heterocycles. The van der Waals surface area contributed by atoms with Gasteiger partial charge >= 0.3 is 0 Å². The van der Waals surface area contributed by atoms with E-state index in [1.54, 1.807) is 7.11 Å². The molecule has 0 amide bonds. The lowest BCUT2D eigenvalue weighted by molar-refractivity contribution is 0.146. The van der Waals surface area contributed by atoms with Gasteiger partial charge in [0.2, 0.25) is 0 Å². The lowest BCUT2D eigenvalue weighted by Crippen LogP contribution is -2.50. The van der Waals surface area contributed by atoms with Crippen molar-refractivity contribution in [3.8, 4) is 5.75 Å². The molecule has 1 N–H and O–H groups in total. The molecule has 1 heterocycles. The molecule has 0 unspecified atom stereocenters. The first-order chi connectivity index (χ1) is 11.5. The van der Waals surface area contributed by atoms with E-state index in [2.05, 4.69) is 41.2 Å². The number of aliphatic imine (C=N–C) groups is 1. The Labute approximate surface area is 149 Å². The van der Waals surface area contributed by atoms with Crippen molar-refractivity contribution < 1.29 is 9.47 Å². The number of hydrogen-bond donors (Lipinski definition) is 1. The van der Waals surface area contributed by atoms with Gasteiger partial charge in [0.05, 0.1) is 6.61 Å². The molecule has 1 aliphatic rings. The van der Waals surface area contributed by atoms with E-state index in [0.29, 0.717) is 13.2 Å². The number of ether oxygens (including phenoxy) is 2. The van der Waals surface area contributed by atoms with Crippen LogP contribution in [0.2, 0.25) is 0 Å². The molecule has 6 heteroatoms. The van der Waals surface area contributed by atoms with Gasteiger partial charge in [-0.05, 0) is 31.5 Å². The first-order valence-corrected chi connectivity index (χ1v) is 9.33. The molecular formula is C18H29N3O2S. The lowest BCUT2D eigenvalue weighted by Gasteiger charge is -2.39. The van der Waals surface area contributed by atoms with Gasteiger partial charge in [-0.15, -0.1) is 0 Å². The topological polar surface area (TPSA) is 46.1 Å². The van der Waals surface area contributed by atoms with Crippen LogP contribution in [0.5, 0.6) is 5.75 Å². The number of rotatable bonds is 6. The van der Waals surface area contributed by atoms with Crippen LogP contribution in [0.4, 0.5) is 0 Å². The molecule has 0 aliphatic carbocycles. The molecule has 1 aliphatic heterocycles. The van der Waals surface area contributed by atoms with Gasteiger partial charge in [-0.1, -0.05) is 12.1 Å². The van der Waals surface area contributed by atoms with Crippen molar-refractivity contribution in [3.63, 3.8) is 0 Å². The molecule has 1 aromatic carbocycles. The normalized spacial score (nSPS) is 17.7. The second-order valence-corrected chi connectivity index (χ2v) is 8.22. The highest BCUT2D eigenvalue weighted by Crippen LogP contribution is 2.29. The number of benzene rings is 1. The summed E-state index contributed by atoms with van der Waals surface area (Å²) in [5.41, 5.74) is 1.21. The van der Waals surface area contributed by atoms with E-state index < -0.39 is 0 Å². The highest BCUT2D eigenvalue weighted by Gasteiger charge is 2.28. The van der Waals surface area contributed by atoms with Crippen LogP contribution in [0, 0.1) is 0 Å².